The van der Waals surface area contributed by atoms with Gasteiger partial charge in [-0.15, -0.1) is 0 Å². The second-order valence-electron chi connectivity index (χ2n) is 5.46. The van der Waals surface area contributed by atoms with Gasteiger partial charge in [0.15, 0.2) is 0 Å². The van der Waals surface area contributed by atoms with Gasteiger partial charge in [-0.3, -0.25) is 9.48 Å². The fraction of sp³-hybridized carbons (Fsp3) is 0.714. The molecule has 0 bridgehead atoms. The summed E-state index contributed by atoms with van der Waals surface area (Å²) < 4.78 is 7.30. The molecule has 0 radical (unpaired) electrons. The van der Waals surface area contributed by atoms with Crippen LogP contribution in [-0.2, 0) is 16.1 Å². The molecule has 2 fully saturated rings. The van der Waals surface area contributed by atoms with Gasteiger partial charge in [0.1, 0.15) is 0 Å². The third-order valence-corrected chi connectivity index (χ3v) is 3.89. The van der Waals surface area contributed by atoms with Crippen molar-refractivity contribution in [2.45, 2.75) is 38.1 Å². The maximum atomic E-state index is 11.8. The molecule has 19 heavy (non-hydrogen) atoms. The van der Waals surface area contributed by atoms with Crippen LogP contribution in [0.25, 0.3) is 0 Å². The van der Waals surface area contributed by atoms with Gasteiger partial charge in [-0.25, -0.2) is 0 Å². The first-order valence-electron chi connectivity index (χ1n) is 7.22. The Hall–Kier alpha value is -1.36. The lowest BCUT2D eigenvalue weighted by Crippen LogP contribution is -2.32. The van der Waals surface area contributed by atoms with Crippen molar-refractivity contribution in [1.82, 2.24) is 15.1 Å². The Morgan fingerprint density at radius 2 is 2.37 bits per heavy atom. The average molecular weight is 263 g/mol. The molecule has 2 heterocycles. The molecule has 5 nitrogen and oxygen atoms in total. The number of rotatable bonds is 6. The van der Waals surface area contributed by atoms with E-state index >= 15 is 0 Å². The molecule has 2 aliphatic rings. The first-order chi connectivity index (χ1) is 9.34. The summed E-state index contributed by atoms with van der Waals surface area (Å²) >= 11 is 0. The molecule has 1 aliphatic carbocycles. The van der Waals surface area contributed by atoms with Crippen molar-refractivity contribution in [2.75, 3.05) is 19.8 Å². The molecule has 0 aromatic carbocycles. The molecule has 0 unspecified atom stereocenters. The minimum absolute atomic E-state index is 0.0618. The third-order valence-electron chi connectivity index (χ3n) is 3.89. The van der Waals surface area contributed by atoms with Gasteiger partial charge < -0.3 is 10.1 Å². The molecule has 5 heteroatoms. The summed E-state index contributed by atoms with van der Waals surface area (Å²) in [5, 5.41) is 7.35. The standard InChI is InChI=1S/C14H21N3O2/c18-14(12-5-9-19-10-12)15-6-1-8-17-13(4-7-16-17)11-2-3-11/h4,7,11-12H,1-3,5-6,8-10H2,(H,15,18)/t12-/m0/s1. The summed E-state index contributed by atoms with van der Waals surface area (Å²) in [4.78, 5) is 11.8. The Bertz CT molecular complexity index is 434. The molecule has 104 valence electrons. The largest absolute Gasteiger partial charge is 0.381 e. The molecular weight excluding hydrogens is 242 g/mol. The fourth-order valence-corrected chi connectivity index (χ4v) is 2.58. The molecule has 1 aromatic heterocycles. The summed E-state index contributed by atoms with van der Waals surface area (Å²) in [5.74, 6) is 0.930. The molecule has 1 atom stereocenters. The molecule has 1 saturated heterocycles. The fourth-order valence-electron chi connectivity index (χ4n) is 2.58. The van der Waals surface area contributed by atoms with Gasteiger partial charge in [-0.2, -0.15) is 5.10 Å². The number of hydrogen-bond donors (Lipinski definition) is 1. The van der Waals surface area contributed by atoms with Crippen molar-refractivity contribution in [3.63, 3.8) is 0 Å². The van der Waals surface area contributed by atoms with Gasteiger partial charge in [0.2, 0.25) is 5.91 Å². The van der Waals surface area contributed by atoms with E-state index in [2.05, 4.69) is 21.2 Å². The Kier molecular flexibility index (Phi) is 3.82. The normalized spacial score (nSPS) is 22.6. The lowest BCUT2D eigenvalue weighted by atomic mass is 10.1. The van der Waals surface area contributed by atoms with Crippen molar-refractivity contribution in [2.24, 2.45) is 5.92 Å². The minimum atomic E-state index is 0.0618. The zero-order valence-electron chi connectivity index (χ0n) is 11.2. The highest BCUT2D eigenvalue weighted by Crippen LogP contribution is 2.39. The number of ether oxygens (including phenoxy) is 1. The van der Waals surface area contributed by atoms with E-state index in [1.807, 2.05) is 6.20 Å². The molecule has 1 aromatic rings. The zero-order chi connectivity index (χ0) is 13.1. The maximum Gasteiger partial charge on any atom is 0.225 e. The van der Waals surface area contributed by atoms with Crippen LogP contribution < -0.4 is 5.32 Å². The highest BCUT2D eigenvalue weighted by Gasteiger charge is 2.26. The van der Waals surface area contributed by atoms with Gasteiger partial charge >= 0.3 is 0 Å². The average Bonchev–Trinajstić information content (AvgIpc) is 2.95. The van der Waals surface area contributed by atoms with Crippen molar-refractivity contribution >= 4 is 5.91 Å². The number of amides is 1. The summed E-state index contributed by atoms with van der Waals surface area (Å²) in [5.41, 5.74) is 1.36. The first-order valence-corrected chi connectivity index (χ1v) is 7.22. The topological polar surface area (TPSA) is 56.2 Å². The molecule has 1 amide bonds. The Morgan fingerprint density at radius 1 is 1.47 bits per heavy atom. The SMILES string of the molecule is O=C(NCCCn1nccc1C1CC1)[C@H]1CCOC1. The lowest BCUT2D eigenvalue weighted by Gasteiger charge is -2.10. The summed E-state index contributed by atoms with van der Waals surface area (Å²) in [6.45, 7) is 2.91. The number of aromatic nitrogens is 2. The minimum Gasteiger partial charge on any atom is -0.381 e. The Balaban J connectivity index is 1.38. The lowest BCUT2D eigenvalue weighted by molar-refractivity contribution is -0.124. The second-order valence-corrected chi connectivity index (χ2v) is 5.46. The van der Waals surface area contributed by atoms with Gasteiger partial charge in [-0.1, -0.05) is 0 Å². The quantitative estimate of drug-likeness (QED) is 0.787. The number of carbonyl (C=O) groups is 1. The van der Waals surface area contributed by atoms with Crippen molar-refractivity contribution < 1.29 is 9.53 Å². The van der Waals surface area contributed by atoms with E-state index in [1.165, 1.54) is 18.5 Å². The van der Waals surface area contributed by atoms with Crippen LogP contribution in [0.4, 0.5) is 0 Å². The summed E-state index contributed by atoms with van der Waals surface area (Å²) in [6, 6.07) is 2.12. The predicted octanol–water partition coefficient (Wildman–Crippen LogP) is 1.30. The van der Waals surface area contributed by atoms with Crippen molar-refractivity contribution in [3.8, 4) is 0 Å². The van der Waals surface area contributed by atoms with Crippen LogP contribution >= 0.6 is 0 Å². The highest BCUT2D eigenvalue weighted by molar-refractivity contribution is 5.78. The van der Waals surface area contributed by atoms with Crippen LogP contribution in [0, 0.1) is 5.92 Å². The van der Waals surface area contributed by atoms with E-state index in [1.54, 1.807) is 0 Å². The van der Waals surface area contributed by atoms with Crippen LogP contribution in [0.1, 0.15) is 37.3 Å². The first kappa shape index (κ1) is 12.7. The molecular formula is C14H21N3O2. The molecule has 1 N–H and O–H groups in total. The van der Waals surface area contributed by atoms with E-state index < -0.39 is 0 Å². The van der Waals surface area contributed by atoms with Crippen LogP contribution in [0.15, 0.2) is 12.3 Å². The van der Waals surface area contributed by atoms with Gasteiger partial charge in [0.05, 0.1) is 12.5 Å². The molecule has 1 aliphatic heterocycles. The van der Waals surface area contributed by atoms with E-state index in [0.717, 1.165) is 38.5 Å². The van der Waals surface area contributed by atoms with Crippen molar-refractivity contribution in [1.29, 1.82) is 0 Å². The van der Waals surface area contributed by atoms with E-state index in [-0.39, 0.29) is 11.8 Å². The van der Waals surface area contributed by atoms with Crippen molar-refractivity contribution in [3.05, 3.63) is 18.0 Å². The predicted molar refractivity (Wildman–Crippen MR) is 70.8 cm³/mol. The van der Waals surface area contributed by atoms with E-state index in [4.69, 9.17) is 4.74 Å². The Labute approximate surface area is 113 Å². The highest BCUT2D eigenvalue weighted by atomic mass is 16.5. The molecule has 1 saturated carbocycles. The van der Waals surface area contributed by atoms with Crippen LogP contribution in [0.2, 0.25) is 0 Å². The smallest absolute Gasteiger partial charge is 0.225 e. The van der Waals surface area contributed by atoms with Crippen LogP contribution in [-0.4, -0.2) is 35.4 Å². The number of aryl methyl sites for hydroxylation is 1. The number of nitrogens with one attached hydrogen (secondary N) is 1. The van der Waals surface area contributed by atoms with E-state index in [9.17, 15) is 4.79 Å². The Morgan fingerprint density at radius 3 is 3.11 bits per heavy atom. The van der Waals surface area contributed by atoms with Gasteiger partial charge in [0, 0.05) is 37.5 Å². The summed E-state index contributed by atoms with van der Waals surface area (Å²) in [7, 11) is 0. The zero-order valence-corrected chi connectivity index (χ0v) is 11.2. The number of nitrogens with zero attached hydrogens (tertiary/aromatic N) is 2. The summed E-state index contributed by atoms with van der Waals surface area (Å²) in [6.07, 6.45) is 6.26. The van der Waals surface area contributed by atoms with E-state index in [0.29, 0.717) is 6.61 Å². The van der Waals surface area contributed by atoms with Gasteiger partial charge in [-0.05, 0) is 31.7 Å². The number of hydrogen-bond acceptors (Lipinski definition) is 3. The molecule has 0 spiro atoms. The third kappa shape index (κ3) is 3.15. The second kappa shape index (κ2) is 5.74. The maximum absolute atomic E-state index is 11.8. The van der Waals surface area contributed by atoms with Crippen LogP contribution in [0.3, 0.4) is 0 Å². The monoisotopic (exact) mass is 263 g/mol. The number of carbonyl (C=O) groups excluding carboxylic acids is 1. The van der Waals surface area contributed by atoms with Crippen LogP contribution in [0.5, 0.6) is 0 Å². The van der Waals surface area contributed by atoms with Gasteiger partial charge in [0.25, 0.3) is 0 Å². The molecule has 3 rings (SSSR count).